The molecule has 0 aromatic heterocycles. The van der Waals surface area contributed by atoms with Crippen molar-refractivity contribution in [2.24, 2.45) is 32.6 Å². The van der Waals surface area contributed by atoms with Crippen molar-refractivity contribution in [3.8, 4) is 0 Å². The van der Waals surface area contributed by atoms with Crippen LogP contribution in [0.5, 0.6) is 0 Å². The number of rotatable bonds is 1. The van der Waals surface area contributed by atoms with Crippen LogP contribution in [0.3, 0.4) is 0 Å². The molecule has 0 aromatic carbocycles. The molecule has 0 aliphatic carbocycles. The number of guanidine groups is 2. The van der Waals surface area contributed by atoms with Gasteiger partial charge in [0.05, 0.1) is 19.3 Å². The molecule has 1 fully saturated rings. The molecular weight excluding hydrogens is 182 g/mol. The largest absolute Gasteiger partial charge is 0.379 e. The quantitative estimate of drug-likeness (QED) is 0.371. The Kier molecular flexibility index (Phi) is 2.95. The SMILES string of the molecule is CC1(C)COCC1N=C(N)N=C(N)N. The number of hydrogen-bond acceptors (Lipinski definition) is 2. The highest BCUT2D eigenvalue weighted by molar-refractivity contribution is 5.92. The summed E-state index contributed by atoms with van der Waals surface area (Å²) in [5.41, 5.74) is 15.9. The predicted molar refractivity (Wildman–Crippen MR) is 55.8 cm³/mol. The average Bonchev–Trinajstić information content (AvgIpc) is 2.29. The minimum absolute atomic E-state index is 0.0104. The first-order valence-corrected chi connectivity index (χ1v) is 4.42. The first-order valence-electron chi connectivity index (χ1n) is 4.42. The van der Waals surface area contributed by atoms with Gasteiger partial charge in [-0.2, -0.15) is 4.99 Å². The third-order valence-electron chi connectivity index (χ3n) is 2.18. The standard InChI is InChI=1S/C8H17N5O/c1-8(2)4-14-3-5(8)12-7(11)13-6(9)10/h5H,3-4H2,1-2H3,(H6,9,10,11,12,13). The van der Waals surface area contributed by atoms with Gasteiger partial charge in [0.25, 0.3) is 0 Å². The van der Waals surface area contributed by atoms with Gasteiger partial charge < -0.3 is 21.9 Å². The van der Waals surface area contributed by atoms with Gasteiger partial charge in [-0.3, -0.25) is 0 Å². The van der Waals surface area contributed by atoms with Gasteiger partial charge in [-0.15, -0.1) is 0 Å². The van der Waals surface area contributed by atoms with Gasteiger partial charge in [0.15, 0.2) is 5.96 Å². The first-order chi connectivity index (χ1) is 6.42. The summed E-state index contributed by atoms with van der Waals surface area (Å²) >= 11 is 0. The summed E-state index contributed by atoms with van der Waals surface area (Å²) in [5.74, 6) is 0.0246. The molecule has 6 heteroatoms. The van der Waals surface area contributed by atoms with Crippen molar-refractivity contribution in [2.45, 2.75) is 19.9 Å². The van der Waals surface area contributed by atoms with E-state index in [0.717, 1.165) is 0 Å². The van der Waals surface area contributed by atoms with Gasteiger partial charge in [-0.05, 0) is 0 Å². The fourth-order valence-corrected chi connectivity index (χ4v) is 1.29. The molecule has 1 heterocycles. The molecule has 1 aliphatic rings. The molecular formula is C8H17N5O. The Morgan fingerprint density at radius 2 is 2.00 bits per heavy atom. The Morgan fingerprint density at radius 3 is 2.43 bits per heavy atom. The number of hydrogen-bond donors (Lipinski definition) is 3. The summed E-state index contributed by atoms with van der Waals surface area (Å²) in [6, 6.07) is 0.0191. The lowest BCUT2D eigenvalue weighted by molar-refractivity contribution is 0.167. The summed E-state index contributed by atoms with van der Waals surface area (Å²) in [6.45, 7) is 5.37. The van der Waals surface area contributed by atoms with E-state index >= 15 is 0 Å². The molecule has 1 aliphatic heterocycles. The van der Waals surface area contributed by atoms with Crippen LogP contribution in [0.15, 0.2) is 9.98 Å². The van der Waals surface area contributed by atoms with E-state index in [1.165, 1.54) is 0 Å². The van der Waals surface area contributed by atoms with Crippen LogP contribution < -0.4 is 17.2 Å². The summed E-state index contributed by atoms with van der Waals surface area (Å²) in [5, 5.41) is 0. The molecule has 80 valence electrons. The van der Waals surface area contributed by atoms with Crippen LogP contribution in [0.4, 0.5) is 0 Å². The molecule has 6 nitrogen and oxygen atoms in total. The van der Waals surface area contributed by atoms with Crippen LogP contribution in [-0.4, -0.2) is 31.2 Å². The second kappa shape index (κ2) is 3.83. The molecule has 0 radical (unpaired) electrons. The van der Waals surface area contributed by atoms with E-state index in [2.05, 4.69) is 23.8 Å². The van der Waals surface area contributed by atoms with E-state index in [1.807, 2.05) is 0 Å². The summed E-state index contributed by atoms with van der Waals surface area (Å²) in [4.78, 5) is 7.84. The number of nitrogens with zero attached hydrogens (tertiary/aromatic N) is 2. The Hall–Kier alpha value is -1.30. The zero-order chi connectivity index (χ0) is 10.8. The molecule has 1 saturated heterocycles. The lowest BCUT2D eigenvalue weighted by Gasteiger charge is -2.20. The smallest absolute Gasteiger partial charge is 0.218 e. The summed E-state index contributed by atoms with van der Waals surface area (Å²) in [7, 11) is 0. The molecule has 6 N–H and O–H groups in total. The normalized spacial score (nSPS) is 26.1. The topological polar surface area (TPSA) is 112 Å². The van der Waals surface area contributed by atoms with E-state index in [-0.39, 0.29) is 23.4 Å². The lowest BCUT2D eigenvalue weighted by atomic mass is 9.88. The van der Waals surface area contributed by atoms with Crippen molar-refractivity contribution >= 4 is 11.9 Å². The highest BCUT2D eigenvalue weighted by Gasteiger charge is 2.35. The van der Waals surface area contributed by atoms with Crippen LogP contribution in [0.2, 0.25) is 0 Å². The second-order valence-electron chi connectivity index (χ2n) is 4.04. The minimum atomic E-state index is -0.0806. The maximum atomic E-state index is 5.52. The highest BCUT2D eigenvalue weighted by atomic mass is 16.5. The molecule has 0 saturated carbocycles. The van der Waals surface area contributed by atoms with E-state index in [9.17, 15) is 0 Å². The van der Waals surface area contributed by atoms with Crippen LogP contribution in [0.25, 0.3) is 0 Å². The van der Waals surface area contributed by atoms with Gasteiger partial charge in [-0.1, -0.05) is 13.8 Å². The van der Waals surface area contributed by atoms with E-state index in [0.29, 0.717) is 13.2 Å². The fraction of sp³-hybridized carbons (Fsp3) is 0.750. The molecule has 1 rings (SSSR count). The molecule has 14 heavy (non-hydrogen) atoms. The van der Waals surface area contributed by atoms with Gasteiger partial charge in [-0.25, -0.2) is 4.99 Å². The second-order valence-corrected chi connectivity index (χ2v) is 4.04. The zero-order valence-corrected chi connectivity index (χ0v) is 8.53. The van der Waals surface area contributed by atoms with Crippen molar-refractivity contribution in [3.05, 3.63) is 0 Å². The fourth-order valence-electron chi connectivity index (χ4n) is 1.29. The zero-order valence-electron chi connectivity index (χ0n) is 8.53. The van der Waals surface area contributed by atoms with E-state index in [1.54, 1.807) is 0 Å². The Morgan fingerprint density at radius 1 is 1.36 bits per heavy atom. The minimum Gasteiger partial charge on any atom is -0.379 e. The van der Waals surface area contributed by atoms with Crippen molar-refractivity contribution in [3.63, 3.8) is 0 Å². The van der Waals surface area contributed by atoms with Crippen LogP contribution in [0, 0.1) is 5.41 Å². The molecule has 1 atom stereocenters. The Labute approximate surface area is 83.2 Å². The monoisotopic (exact) mass is 199 g/mol. The number of nitrogens with two attached hydrogens (primary N) is 3. The van der Waals surface area contributed by atoms with Crippen LogP contribution >= 0.6 is 0 Å². The molecule has 0 amide bonds. The van der Waals surface area contributed by atoms with Crippen molar-refractivity contribution in [1.82, 2.24) is 0 Å². The van der Waals surface area contributed by atoms with Gasteiger partial charge in [0, 0.05) is 5.41 Å². The van der Waals surface area contributed by atoms with Crippen LogP contribution in [0.1, 0.15) is 13.8 Å². The van der Waals surface area contributed by atoms with Crippen molar-refractivity contribution in [2.75, 3.05) is 13.2 Å². The predicted octanol–water partition coefficient (Wildman–Crippen LogP) is -1.00. The van der Waals surface area contributed by atoms with Crippen molar-refractivity contribution in [1.29, 1.82) is 0 Å². The van der Waals surface area contributed by atoms with Gasteiger partial charge in [0.1, 0.15) is 0 Å². The van der Waals surface area contributed by atoms with E-state index < -0.39 is 0 Å². The van der Waals surface area contributed by atoms with Gasteiger partial charge >= 0.3 is 0 Å². The first kappa shape index (κ1) is 10.8. The highest BCUT2D eigenvalue weighted by Crippen LogP contribution is 2.29. The van der Waals surface area contributed by atoms with E-state index in [4.69, 9.17) is 21.9 Å². The molecule has 1 unspecified atom stereocenters. The van der Waals surface area contributed by atoms with Crippen LogP contribution in [-0.2, 0) is 4.74 Å². The van der Waals surface area contributed by atoms with Gasteiger partial charge in [0.2, 0.25) is 5.96 Å². The van der Waals surface area contributed by atoms with Crippen molar-refractivity contribution < 1.29 is 4.74 Å². The average molecular weight is 199 g/mol. The Balaban J connectivity index is 2.72. The number of ether oxygens (including phenoxy) is 1. The number of aliphatic imine (C=N–C) groups is 2. The maximum Gasteiger partial charge on any atom is 0.218 e. The molecule has 0 spiro atoms. The summed E-state index contributed by atoms with van der Waals surface area (Å²) in [6.07, 6.45) is 0. The third kappa shape index (κ3) is 2.59. The lowest BCUT2D eigenvalue weighted by Crippen LogP contribution is -2.30. The molecule has 0 bridgehead atoms. The third-order valence-corrected chi connectivity index (χ3v) is 2.18. The summed E-state index contributed by atoms with van der Waals surface area (Å²) < 4.78 is 5.30. The Bertz CT molecular complexity index is 267. The molecule has 0 aromatic rings. The maximum absolute atomic E-state index is 5.52.